The van der Waals surface area contributed by atoms with Gasteiger partial charge in [0.15, 0.2) is 0 Å². The van der Waals surface area contributed by atoms with Crippen LogP contribution in [-0.4, -0.2) is 55.5 Å². The molecule has 1 saturated heterocycles. The molecule has 1 aliphatic rings. The van der Waals surface area contributed by atoms with Crippen molar-refractivity contribution in [2.24, 2.45) is 0 Å². The van der Waals surface area contributed by atoms with Gasteiger partial charge >= 0.3 is 0 Å². The van der Waals surface area contributed by atoms with E-state index in [-0.39, 0.29) is 11.7 Å². The number of carbonyl (C=O) groups is 1. The van der Waals surface area contributed by atoms with Crippen molar-refractivity contribution >= 4 is 27.5 Å². The van der Waals surface area contributed by atoms with Crippen LogP contribution in [0.25, 0.3) is 0 Å². The van der Waals surface area contributed by atoms with Gasteiger partial charge < -0.3 is 4.90 Å². The minimum absolute atomic E-state index is 0.142. The largest absolute Gasteiger partial charge is 0.336 e. The Kier molecular flexibility index (Phi) is 5.83. The number of piperazine rings is 1. The molecule has 1 fully saturated rings. The Hall–Kier alpha value is -1.11. The van der Waals surface area contributed by atoms with Crippen molar-refractivity contribution in [3.8, 4) is 0 Å². The van der Waals surface area contributed by atoms with E-state index < -0.39 is 10.0 Å². The van der Waals surface area contributed by atoms with Crippen LogP contribution in [0.2, 0.25) is 5.02 Å². The third kappa shape index (κ3) is 4.00. The number of rotatable bonds is 5. The highest BCUT2D eigenvalue weighted by molar-refractivity contribution is 7.89. The van der Waals surface area contributed by atoms with E-state index in [9.17, 15) is 13.2 Å². The van der Waals surface area contributed by atoms with Gasteiger partial charge in [-0.3, -0.25) is 4.79 Å². The molecule has 0 spiro atoms. The van der Waals surface area contributed by atoms with Crippen molar-refractivity contribution < 1.29 is 13.2 Å². The smallest absolute Gasteiger partial charge is 0.255 e. The van der Waals surface area contributed by atoms with Crippen molar-refractivity contribution in [1.29, 1.82) is 0 Å². The lowest BCUT2D eigenvalue weighted by atomic mass is 10.2. The van der Waals surface area contributed by atoms with Gasteiger partial charge in [-0.15, -0.1) is 0 Å². The predicted octanol–water partition coefficient (Wildman–Crippen LogP) is 2.23. The molecule has 5 nitrogen and oxygen atoms in total. The summed E-state index contributed by atoms with van der Waals surface area (Å²) in [5, 5.41) is 0.422. The molecule has 0 aromatic heterocycles. The van der Waals surface area contributed by atoms with E-state index in [0.717, 1.165) is 6.42 Å². The molecular formula is C15H21ClN2O3S. The minimum Gasteiger partial charge on any atom is -0.336 e. The van der Waals surface area contributed by atoms with Gasteiger partial charge in [-0.1, -0.05) is 37.1 Å². The Bertz CT molecular complexity index is 625. The highest BCUT2D eigenvalue weighted by Gasteiger charge is 2.29. The molecule has 1 aromatic carbocycles. The average molecular weight is 345 g/mol. The predicted molar refractivity (Wildman–Crippen MR) is 87.6 cm³/mol. The summed E-state index contributed by atoms with van der Waals surface area (Å²) in [4.78, 5) is 14.1. The summed E-state index contributed by atoms with van der Waals surface area (Å²) in [6.07, 6.45) is 1.52. The molecule has 1 aromatic rings. The van der Waals surface area contributed by atoms with Gasteiger partial charge in [-0.25, -0.2) is 8.42 Å². The summed E-state index contributed by atoms with van der Waals surface area (Å²) in [5.41, 5.74) is 0.464. The fraction of sp³-hybridized carbons (Fsp3) is 0.533. The zero-order chi connectivity index (χ0) is 16.2. The Morgan fingerprint density at radius 2 is 1.82 bits per heavy atom. The molecule has 0 radical (unpaired) electrons. The van der Waals surface area contributed by atoms with Crippen molar-refractivity contribution in [3.63, 3.8) is 0 Å². The summed E-state index contributed by atoms with van der Waals surface area (Å²) < 4.78 is 25.8. The molecule has 1 amide bonds. The monoisotopic (exact) mass is 344 g/mol. The third-order valence-corrected chi connectivity index (χ3v) is 6.07. The van der Waals surface area contributed by atoms with Crippen molar-refractivity contribution in [1.82, 2.24) is 9.21 Å². The van der Waals surface area contributed by atoms with Crippen LogP contribution in [0, 0.1) is 0 Å². The lowest BCUT2D eigenvalue weighted by Gasteiger charge is -2.34. The molecule has 0 atom stereocenters. The molecule has 1 heterocycles. The Morgan fingerprint density at radius 1 is 1.18 bits per heavy atom. The van der Waals surface area contributed by atoms with E-state index >= 15 is 0 Å². The molecule has 2 rings (SSSR count). The quantitative estimate of drug-likeness (QED) is 0.823. The first-order valence-corrected chi connectivity index (χ1v) is 9.46. The summed E-state index contributed by atoms with van der Waals surface area (Å²) in [6.45, 7) is 3.46. The summed E-state index contributed by atoms with van der Waals surface area (Å²) in [6, 6.07) is 6.91. The van der Waals surface area contributed by atoms with Crippen LogP contribution in [0.4, 0.5) is 0 Å². The van der Waals surface area contributed by atoms with Crippen LogP contribution >= 0.6 is 11.6 Å². The number of sulfonamides is 1. The number of carbonyl (C=O) groups excluding carboxylic acids is 1. The Balaban J connectivity index is 1.98. The van der Waals surface area contributed by atoms with Crippen molar-refractivity contribution in [3.05, 3.63) is 34.9 Å². The van der Waals surface area contributed by atoms with E-state index in [1.807, 2.05) is 6.92 Å². The van der Waals surface area contributed by atoms with Gasteiger partial charge in [0.2, 0.25) is 10.0 Å². The van der Waals surface area contributed by atoms with E-state index in [2.05, 4.69) is 0 Å². The van der Waals surface area contributed by atoms with Gasteiger partial charge in [-0.05, 0) is 18.6 Å². The molecular weight excluding hydrogens is 324 g/mol. The summed E-state index contributed by atoms with van der Waals surface area (Å²) in [7, 11) is -3.20. The van der Waals surface area contributed by atoms with Crippen LogP contribution < -0.4 is 0 Å². The normalized spacial score (nSPS) is 16.7. The van der Waals surface area contributed by atoms with E-state index in [4.69, 9.17) is 11.6 Å². The molecule has 7 heteroatoms. The first-order valence-electron chi connectivity index (χ1n) is 7.47. The summed E-state index contributed by atoms with van der Waals surface area (Å²) >= 11 is 6.04. The molecule has 0 N–H and O–H groups in total. The van der Waals surface area contributed by atoms with E-state index in [1.165, 1.54) is 4.31 Å². The number of amides is 1. The second kappa shape index (κ2) is 7.44. The summed E-state index contributed by atoms with van der Waals surface area (Å²) in [5.74, 6) is 0.0401. The van der Waals surface area contributed by atoms with E-state index in [0.29, 0.717) is 43.2 Å². The molecule has 0 saturated carbocycles. The first kappa shape index (κ1) is 17.2. The number of nitrogens with zero attached hydrogens (tertiary/aromatic N) is 2. The van der Waals surface area contributed by atoms with Gasteiger partial charge in [-0.2, -0.15) is 4.31 Å². The second-order valence-electron chi connectivity index (χ2n) is 5.34. The number of hydrogen-bond donors (Lipinski definition) is 0. The van der Waals surface area contributed by atoms with Gasteiger partial charge in [0, 0.05) is 26.2 Å². The average Bonchev–Trinajstić information content (AvgIpc) is 2.53. The Morgan fingerprint density at radius 3 is 2.41 bits per heavy atom. The fourth-order valence-electron chi connectivity index (χ4n) is 2.43. The highest BCUT2D eigenvalue weighted by Crippen LogP contribution is 2.19. The molecule has 0 bridgehead atoms. The van der Waals surface area contributed by atoms with Crippen LogP contribution in [0.15, 0.2) is 24.3 Å². The SMILES string of the molecule is CCCCS(=O)(=O)N1CCN(C(=O)c2ccccc2Cl)CC1. The highest BCUT2D eigenvalue weighted by atomic mass is 35.5. The maximum atomic E-state index is 12.4. The molecule has 122 valence electrons. The van der Waals surface area contributed by atoms with Crippen LogP contribution in [0.3, 0.4) is 0 Å². The molecule has 0 unspecified atom stereocenters. The van der Waals surface area contributed by atoms with Crippen LogP contribution in [0.1, 0.15) is 30.1 Å². The van der Waals surface area contributed by atoms with Gasteiger partial charge in [0.1, 0.15) is 0 Å². The maximum absolute atomic E-state index is 12.4. The maximum Gasteiger partial charge on any atom is 0.255 e. The third-order valence-electron chi connectivity index (χ3n) is 3.78. The van der Waals surface area contributed by atoms with Crippen molar-refractivity contribution in [2.45, 2.75) is 19.8 Å². The van der Waals surface area contributed by atoms with Gasteiger partial charge in [0.05, 0.1) is 16.3 Å². The second-order valence-corrected chi connectivity index (χ2v) is 7.84. The topological polar surface area (TPSA) is 57.7 Å². The number of unbranched alkanes of at least 4 members (excludes halogenated alkanes) is 1. The molecule has 1 aliphatic heterocycles. The van der Waals surface area contributed by atoms with Gasteiger partial charge in [0.25, 0.3) is 5.91 Å². The lowest BCUT2D eigenvalue weighted by molar-refractivity contribution is 0.0698. The molecule has 22 heavy (non-hydrogen) atoms. The fourth-order valence-corrected chi connectivity index (χ4v) is 4.28. The number of halogens is 1. The minimum atomic E-state index is -3.20. The standard InChI is InChI=1S/C15H21ClN2O3S/c1-2-3-12-22(20,21)18-10-8-17(9-11-18)15(19)13-6-4-5-7-14(13)16/h4-7H,2-3,8-12H2,1H3. The van der Waals surface area contributed by atoms with Crippen LogP contribution in [0.5, 0.6) is 0 Å². The lowest BCUT2D eigenvalue weighted by Crippen LogP contribution is -2.51. The Labute approximate surface area is 136 Å². The zero-order valence-electron chi connectivity index (χ0n) is 12.7. The molecule has 0 aliphatic carbocycles. The number of hydrogen-bond acceptors (Lipinski definition) is 3. The zero-order valence-corrected chi connectivity index (χ0v) is 14.2. The number of benzene rings is 1. The van der Waals surface area contributed by atoms with Crippen molar-refractivity contribution in [2.75, 3.05) is 31.9 Å². The van der Waals surface area contributed by atoms with E-state index in [1.54, 1.807) is 29.2 Å². The van der Waals surface area contributed by atoms with Crippen LogP contribution in [-0.2, 0) is 10.0 Å². The first-order chi connectivity index (χ1) is 10.5.